The first kappa shape index (κ1) is 13.0. The van der Waals surface area contributed by atoms with Crippen molar-refractivity contribution in [1.29, 1.82) is 5.26 Å². The Labute approximate surface area is 108 Å². The molecule has 0 saturated carbocycles. The Morgan fingerprint density at radius 2 is 2.11 bits per heavy atom. The molecular weight excluding hydrogens is 227 g/mol. The summed E-state index contributed by atoms with van der Waals surface area (Å²) in [6.45, 7) is 4.93. The van der Waals surface area contributed by atoms with Crippen molar-refractivity contribution in [2.75, 3.05) is 13.1 Å². The Kier molecular flexibility index (Phi) is 4.33. The predicted molar refractivity (Wildman–Crippen MR) is 69.4 cm³/mol. The Hall–Kier alpha value is -1.40. The van der Waals surface area contributed by atoms with Gasteiger partial charge in [-0.1, -0.05) is 25.5 Å². The molecule has 96 valence electrons. The summed E-state index contributed by atoms with van der Waals surface area (Å²) in [5, 5.41) is 8.81. The zero-order valence-corrected chi connectivity index (χ0v) is 10.8. The van der Waals surface area contributed by atoms with E-state index in [4.69, 9.17) is 5.26 Å². The van der Waals surface area contributed by atoms with Gasteiger partial charge in [-0.3, -0.25) is 4.90 Å². The van der Waals surface area contributed by atoms with Crippen molar-refractivity contribution >= 4 is 0 Å². The first-order chi connectivity index (χ1) is 8.74. The Bertz CT molecular complexity index is 442. The molecule has 18 heavy (non-hydrogen) atoms. The molecule has 1 aliphatic heterocycles. The smallest absolute Gasteiger partial charge is 0.145 e. The largest absolute Gasteiger partial charge is 0.299 e. The van der Waals surface area contributed by atoms with Gasteiger partial charge in [-0.2, -0.15) is 5.26 Å². The summed E-state index contributed by atoms with van der Waals surface area (Å²) in [7, 11) is 0. The van der Waals surface area contributed by atoms with Crippen molar-refractivity contribution in [3.05, 3.63) is 35.1 Å². The second-order valence-corrected chi connectivity index (χ2v) is 5.02. The minimum atomic E-state index is -0.349. The maximum atomic E-state index is 13.9. The second-order valence-electron chi connectivity index (χ2n) is 5.02. The Balaban J connectivity index is 2.01. The van der Waals surface area contributed by atoms with E-state index in [1.807, 2.05) is 6.07 Å². The molecule has 0 N–H and O–H groups in total. The summed E-state index contributed by atoms with van der Waals surface area (Å²) < 4.78 is 13.9. The van der Waals surface area contributed by atoms with E-state index in [0.717, 1.165) is 19.0 Å². The third-order valence-electron chi connectivity index (χ3n) is 3.88. The predicted octanol–water partition coefficient (Wildman–Crippen LogP) is 3.32. The molecule has 0 atom stereocenters. The molecule has 1 saturated heterocycles. The lowest BCUT2D eigenvalue weighted by molar-refractivity contribution is 0.173. The maximum Gasteiger partial charge on any atom is 0.145 e. The molecule has 1 heterocycles. The van der Waals surface area contributed by atoms with Crippen LogP contribution in [0.4, 0.5) is 4.39 Å². The fraction of sp³-hybridized carbons (Fsp3) is 0.533. The fourth-order valence-corrected chi connectivity index (χ4v) is 2.58. The number of nitrogens with zero attached hydrogens (tertiary/aromatic N) is 2. The van der Waals surface area contributed by atoms with Crippen LogP contribution in [0.2, 0.25) is 0 Å². The van der Waals surface area contributed by atoms with Gasteiger partial charge in [0.25, 0.3) is 0 Å². The number of benzene rings is 1. The van der Waals surface area contributed by atoms with E-state index in [0.29, 0.717) is 12.1 Å². The number of likely N-dealkylation sites (tertiary alicyclic amines) is 1. The molecule has 3 heteroatoms. The summed E-state index contributed by atoms with van der Waals surface area (Å²) in [5.41, 5.74) is 0.792. The molecule has 0 radical (unpaired) electrons. The summed E-state index contributed by atoms with van der Waals surface area (Å²) in [6, 6.07) is 6.96. The fourth-order valence-electron chi connectivity index (χ4n) is 2.58. The molecule has 2 nitrogen and oxygen atoms in total. The number of hydrogen-bond acceptors (Lipinski definition) is 2. The number of rotatable bonds is 3. The van der Waals surface area contributed by atoms with E-state index in [9.17, 15) is 4.39 Å². The third kappa shape index (κ3) is 2.88. The minimum absolute atomic E-state index is 0.149. The first-order valence-electron chi connectivity index (χ1n) is 6.64. The van der Waals surface area contributed by atoms with Crippen LogP contribution in [0.1, 0.15) is 37.3 Å². The van der Waals surface area contributed by atoms with Gasteiger partial charge in [-0.25, -0.2) is 4.39 Å². The molecule has 1 fully saturated rings. The van der Waals surface area contributed by atoms with Crippen molar-refractivity contribution in [2.45, 2.75) is 32.7 Å². The molecule has 0 aliphatic carbocycles. The Morgan fingerprint density at radius 1 is 1.39 bits per heavy atom. The van der Waals surface area contributed by atoms with Crippen LogP contribution in [0.25, 0.3) is 0 Å². The van der Waals surface area contributed by atoms with Crippen LogP contribution in [0.3, 0.4) is 0 Å². The van der Waals surface area contributed by atoms with Crippen LogP contribution < -0.4 is 0 Å². The van der Waals surface area contributed by atoms with Crippen molar-refractivity contribution in [3.8, 4) is 6.07 Å². The quantitative estimate of drug-likeness (QED) is 0.818. The van der Waals surface area contributed by atoms with Crippen molar-refractivity contribution < 1.29 is 4.39 Å². The average molecular weight is 246 g/mol. The van der Waals surface area contributed by atoms with Gasteiger partial charge in [0.05, 0.1) is 5.56 Å². The van der Waals surface area contributed by atoms with E-state index < -0.39 is 0 Å². The number of halogens is 1. The molecule has 0 amide bonds. The van der Waals surface area contributed by atoms with E-state index >= 15 is 0 Å². The molecule has 0 aromatic heterocycles. The normalized spacial score (nSPS) is 17.6. The third-order valence-corrected chi connectivity index (χ3v) is 3.88. The van der Waals surface area contributed by atoms with E-state index in [1.54, 1.807) is 12.1 Å². The van der Waals surface area contributed by atoms with Crippen molar-refractivity contribution in [3.63, 3.8) is 0 Å². The topological polar surface area (TPSA) is 27.0 Å². The lowest BCUT2D eigenvalue weighted by Gasteiger charge is -2.31. The monoisotopic (exact) mass is 246 g/mol. The summed E-state index contributed by atoms with van der Waals surface area (Å²) >= 11 is 0. The standard InChI is InChI=1S/C15H19FN2/c1-2-12-6-8-18(9-7-12)11-14-5-3-4-13(10-17)15(14)16/h3-5,12H,2,6-9,11H2,1H3. The van der Waals surface area contributed by atoms with Crippen LogP contribution >= 0.6 is 0 Å². The molecule has 2 rings (SSSR count). The van der Waals surface area contributed by atoms with E-state index in [2.05, 4.69) is 11.8 Å². The molecule has 1 aromatic carbocycles. The van der Waals surface area contributed by atoms with Gasteiger partial charge >= 0.3 is 0 Å². The van der Waals surface area contributed by atoms with Crippen LogP contribution in [-0.4, -0.2) is 18.0 Å². The number of hydrogen-bond donors (Lipinski definition) is 0. The van der Waals surface area contributed by atoms with E-state index in [1.165, 1.54) is 25.3 Å². The van der Waals surface area contributed by atoms with Gasteiger partial charge in [0, 0.05) is 12.1 Å². The van der Waals surface area contributed by atoms with Crippen LogP contribution in [0.5, 0.6) is 0 Å². The number of piperidine rings is 1. The van der Waals surface area contributed by atoms with Gasteiger partial charge in [0.1, 0.15) is 11.9 Å². The summed E-state index contributed by atoms with van der Waals surface area (Å²) in [4.78, 5) is 2.28. The lowest BCUT2D eigenvalue weighted by atomic mass is 9.94. The molecular formula is C15H19FN2. The molecule has 1 aromatic rings. The lowest BCUT2D eigenvalue weighted by Crippen LogP contribution is -2.33. The summed E-state index contributed by atoms with van der Waals surface area (Å²) in [5.74, 6) is 0.481. The second kappa shape index (κ2) is 5.97. The van der Waals surface area contributed by atoms with Gasteiger partial charge in [-0.15, -0.1) is 0 Å². The average Bonchev–Trinajstić information content (AvgIpc) is 2.42. The highest BCUT2D eigenvalue weighted by Gasteiger charge is 2.19. The number of nitriles is 1. The highest BCUT2D eigenvalue weighted by atomic mass is 19.1. The highest BCUT2D eigenvalue weighted by molar-refractivity contribution is 5.34. The van der Waals surface area contributed by atoms with Gasteiger partial charge < -0.3 is 0 Å². The highest BCUT2D eigenvalue weighted by Crippen LogP contribution is 2.22. The van der Waals surface area contributed by atoms with Crippen LogP contribution in [0.15, 0.2) is 18.2 Å². The zero-order chi connectivity index (χ0) is 13.0. The van der Waals surface area contributed by atoms with Crippen LogP contribution in [0, 0.1) is 23.1 Å². The maximum absolute atomic E-state index is 13.9. The van der Waals surface area contributed by atoms with Gasteiger partial charge in [0.2, 0.25) is 0 Å². The minimum Gasteiger partial charge on any atom is -0.299 e. The SMILES string of the molecule is CCC1CCN(Cc2cccc(C#N)c2F)CC1. The van der Waals surface area contributed by atoms with Crippen LogP contribution in [-0.2, 0) is 6.54 Å². The molecule has 0 unspecified atom stereocenters. The van der Waals surface area contributed by atoms with Gasteiger partial charge in [-0.05, 0) is 37.9 Å². The summed E-state index contributed by atoms with van der Waals surface area (Å²) in [6.07, 6.45) is 3.65. The van der Waals surface area contributed by atoms with Crippen molar-refractivity contribution in [2.24, 2.45) is 5.92 Å². The van der Waals surface area contributed by atoms with Crippen molar-refractivity contribution in [1.82, 2.24) is 4.90 Å². The van der Waals surface area contributed by atoms with Gasteiger partial charge in [0.15, 0.2) is 0 Å². The zero-order valence-electron chi connectivity index (χ0n) is 10.8. The molecule has 0 bridgehead atoms. The molecule has 1 aliphatic rings. The Morgan fingerprint density at radius 3 is 2.72 bits per heavy atom. The molecule has 0 spiro atoms. The van der Waals surface area contributed by atoms with E-state index in [-0.39, 0.29) is 11.4 Å². The first-order valence-corrected chi connectivity index (χ1v) is 6.64.